The largest absolute Gasteiger partial charge is 0.241 e. The molecule has 4 nitrogen and oxygen atoms in total. The Hall–Kier alpha value is -1.38. The zero-order chi connectivity index (χ0) is 15.9. The van der Waals surface area contributed by atoms with Gasteiger partial charge < -0.3 is 0 Å². The van der Waals surface area contributed by atoms with Gasteiger partial charge in [0.15, 0.2) is 0 Å². The summed E-state index contributed by atoms with van der Waals surface area (Å²) in [6.45, 7) is 5.87. The summed E-state index contributed by atoms with van der Waals surface area (Å²) in [5.74, 6) is 0. The van der Waals surface area contributed by atoms with E-state index in [1.807, 2.05) is 6.07 Å². The predicted octanol–water partition coefficient (Wildman–Crippen LogP) is 3.50. The lowest BCUT2D eigenvalue weighted by Gasteiger charge is -2.18. The maximum Gasteiger partial charge on any atom is 0.241 e. The van der Waals surface area contributed by atoms with E-state index in [1.54, 1.807) is 19.1 Å². The molecule has 0 bridgehead atoms. The number of unbranched alkanes of at least 4 members (excludes halogenated alkanes) is 1. The number of nitriles is 1. The molecule has 5 heteroatoms. The van der Waals surface area contributed by atoms with Gasteiger partial charge in [0.05, 0.1) is 16.5 Å². The fraction of sp³-hybridized carbons (Fsp3) is 0.562. The van der Waals surface area contributed by atoms with Crippen molar-refractivity contribution in [1.82, 2.24) is 4.72 Å². The topological polar surface area (TPSA) is 70.0 Å². The average Bonchev–Trinajstić information content (AvgIpc) is 2.44. The predicted molar refractivity (Wildman–Crippen MR) is 84.4 cm³/mol. The van der Waals surface area contributed by atoms with Crippen LogP contribution in [0.4, 0.5) is 0 Å². The van der Waals surface area contributed by atoms with Crippen LogP contribution in [-0.4, -0.2) is 14.5 Å². The first-order valence-electron chi connectivity index (χ1n) is 7.47. The zero-order valence-corrected chi connectivity index (χ0v) is 13.8. The molecule has 1 N–H and O–H groups in total. The van der Waals surface area contributed by atoms with Crippen LogP contribution in [0.3, 0.4) is 0 Å². The van der Waals surface area contributed by atoms with E-state index in [0.717, 1.165) is 32.1 Å². The maximum atomic E-state index is 12.5. The number of hydrogen-bond donors (Lipinski definition) is 1. The summed E-state index contributed by atoms with van der Waals surface area (Å²) in [5.41, 5.74) is 1.08. The van der Waals surface area contributed by atoms with Gasteiger partial charge in [-0.25, -0.2) is 13.1 Å². The summed E-state index contributed by atoms with van der Waals surface area (Å²) in [7, 11) is -3.53. The van der Waals surface area contributed by atoms with Crippen LogP contribution in [0.5, 0.6) is 0 Å². The normalized spacial score (nSPS) is 12.9. The number of sulfonamides is 1. The lowest BCUT2D eigenvalue weighted by molar-refractivity contribution is 0.483. The quantitative estimate of drug-likeness (QED) is 0.799. The van der Waals surface area contributed by atoms with Gasteiger partial charge in [-0.15, -0.1) is 0 Å². The van der Waals surface area contributed by atoms with Crippen LogP contribution in [0, 0.1) is 18.3 Å². The molecule has 0 fully saturated rings. The first kappa shape index (κ1) is 17.7. The molecule has 21 heavy (non-hydrogen) atoms. The fourth-order valence-corrected chi connectivity index (χ4v) is 3.90. The molecule has 0 radical (unpaired) electrons. The lowest BCUT2D eigenvalue weighted by atomic mass is 10.1. The van der Waals surface area contributed by atoms with Crippen LogP contribution in [0.2, 0.25) is 0 Å². The first-order chi connectivity index (χ1) is 9.94. The highest BCUT2D eigenvalue weighted by Crippen LogP contribution is 2.18. The van der Waals surface area contributed by atoms with E-state index in [0.29, 0.717) is 11.1 Å². The Morgan fingerprint density at radius 2 is 1.95 bits per heavy atom. The van der Waals surface area contributed by atoms with Crippen molar-refractivity contribution in [2.75, 3.05) is 0 Å². The molecule has 1 aromatic carbocycles. The van der Waals surface area contributed by atoms with Crippen molar-refractivity contribution in [1.29, 1.82) is 5.26 Å². The molecule has 116 valence electrons. The summed E-state index contributed by atoms with van der Waals surface area (Å²) >= 11 is 0. The van der Waals surface area contributed by atoms with E-state index in [-0.39, 0.29) is 10.9 Å². The van der Waals surface area contributed by atoms with Crippen molar-refractivity contribution in [3.8, 4) is 6.07 Å². The minimum Gasteiger partial charge on any atom is -0.208 e. The summed E-state index contributed by atoms with van der Waals surface area (Å²) in [5, 5.41) is 8.85. The Kier molecular flexibility index (Phi) is 6.86. The molecule has 0 aliphatic heterocycles. The van der Waals surface area contributed by atoms with Crippen LogP contribution in [0.1, 0.15) is 57.1 Å². The second-order valence-electron chi connectivity index (χ2n) is 5.34. The van der Waals surface area contributed by atoms with Gasteiger partial charge in [-0.2, -0.15) is 5.26 Å². The van der Waals surface area contributed by atoms with Crippen LogP contribution in [-0.2, 0) is 10.0 Å². The van der Waals surface area contributed by atoms with Gasteiger partial charge in [0, 0.05) is 6.04 Å². The van der Waals surface area contributed by atoms with E-state index >= 15 is 0 Å². The summed E-state index contributed by atoms with van der Waals surface area (Å²) in [4.78, 5) is 0.263. The van der Waals surface area contributed by atoms with Crippen LogP contribution < -0.4 is 4.72 Å². The average molecular weight is 308 g/mol. The Balaban J connectivity index is 2.96. The van der Waals surface area contributed by atoms with Crippen molar-refractivity contribution < 1.29 is 8.42 Å². The molecular formula is C16H24N2O2S. The Morgan fingerprint density at radius 1 is 1.24 bits per heavy atom. The number of benzene rings is 1. The summed E-state index contributed by atoms with van der Waals surface area (Å²) in [6, 6.07) is 6.67. The molecule has 0 saturated heterocycles. The van der Waals surface area contributed by atoms with E-state index < -0.39 is 10.0 Å². The van der Waals surface area contributed by atoms with Crippen molar-refractivity contribution in [2.24, 2.45) is 0 Å². The van der Waals surface area contributed by atoms with Crippen LogP contribution in [0.15, 0.2) is 23.1 Å². The van der Waals surface area contributed by atoms with Crippen molar-refractivity contribution in [3.63, 3.8) is 0 Å². The highest BCUT2D eigenvalue weighted by molar-refractivity contribution is 7.89. The third-order valence-electron chi connectivity index (χ3n) is 3.46. The lowest BCUT2D eigenvalue weighted by Crippen LogP contribution is -2.35. The number of rotatable bonds is 8. The number of nitrogens with one attached hydrogen (secondary N) is 1. The van der Waals surface area contributed by atoms with Crippen molar-refractivity contribution in [3.05, 3.63) is 29.3 Å². The molecule has 0 heterocycles. The summed E-state index contributed by atoms with van der Waals surface area (Å²) in [6.07, 6.45) is 4.72. The van der Waals surface area contributed by atoms with Crippen molar-refractivity contribution >= 4 is 10.0 Å². The molecule has 0 aliphatic carbocycles. The highest BCUT2D eigenvalue weighted by atomic mass is 32.2. The minimum absolute atomic E-state index is 0.0185. The second-order valence-corrected chi connectivity index (χ2v) is 7.02. The van der Waals surface area contributed by atoms with Gasteiger partial charge in [-0.3, -0.25) is 0 Å². The minimum atomic E-state index is -3.53. The van der Waals surface area contributed by atoms with Gasteiger partial charge in [-0.1, -0.05) is 33.1 Å². The molecule has 0 saturated carbocycles. The Labute approximate surface area is 128 Å². The van der Waals surface area contributed by atoms with Gasteiger partial charge in [0.25, 0.3) is 0 Å². The number of hydrogen-bond acceptors (Lipinski definition) is 3. The van der Waals surface area contributed by atoms with Gasteiger partial charge in [0.2, 0.25) is 10.0 Å². The summed E-state index contributed by atoms with van der Waals surface area (Å²) < 4.78 is 27.8. The fourth-order valence-electron chi connectivity index (χ4n) is 2.36. The molecule has 0 aromatic heterocycles. The molecule has 1 unspecified atom stereocenters. The number of aryl methyl sites for hydroxylation is 1. The van der Waals surface area contributed by atoms with E-state index in [2.05, 4.69) is 18.6 Å². The third-order valence-corrected chi connectivity index (χ3v) is 5.14. The standard InChI is InChI=1S/C16H24N2O2S/c1-4-6-8-15(7-5-2)18-21(19,20)16-10-9-14(12-17)11-13(16)3/h9-11,15,18H,4-8H2,1-3H3. The molecule has 0 spiro atoms. The monoisotopic (exact) mass is 308 g/mol. The SMILES string of the molecule is CCCCC(CCC)NS(=O)(=O)c1ccc(C#N)cc1C. The molecule has 0 aliphatic rings. The Morgan fingerprint density at radius 3 is 2.48 bits per heavy atom. The van der Waals surface area contributed by atoms with E-state index in [1.165, 1.54) is 6.07 Å². The molecule has 0 amide bonds. The number of nitrogens with zero attached hydrogens (tertiary/aromatic N) is 1. The van der Waals surface area contributed by atoms with E-state index in [9.17, 15) is 8.42 Å². The van der Waals surface area contributed by atoms with Gasteiger partial charge in [-0.05, 0) is 43.5 Å². The third kappa shape index (κ3) is 5.14. The maximum absolute atomic E-state index is 12.5. The first-order valence-corrected chi connectivity index (χ1v) is 8.96. The van der Waals surface area contributed by atoms with Gasteiger partial charge >= 0.3 is 0 Å². The zero-order valence-electron chi connectivity index (χ0n) is 13.0. The Bertz CT molecular complexity index is 603. The molecule has 1 atom stereocenters. The van der Waals surface area contributed by atoms with Gasteiger partial charge in [0.1, 0.15) is 0 Å². The van der Waals surface area contributed by atoms with Crippen LogP contribution in [0.25, 0.3) is 0 Å². The van der Waals surface area contributed by atoms with E-state index in [4.69, 9.17) is 5.26 Å². The van der Waals surface area contributed by atoms with Crippen molar-refractivity contribution in [2.45, 2.75) is 63.8 Å². The molecule has 1 rings (SSSR count). The molecular weight excluding hydrogens is 284 g/mol. The highest BCUT2D eigenvalue weighted by Gasteiger charge is 2.21. The molecule has 1 aromatic rings. The smallest absolute Gasteiger partial charge is 0.208 e. The second kappa shape index (κ2) is 8.16. The van der Waals surface area contributed by atoms with Crippen LogP contribution >= 0.6 is 0 Å².